The van der Waals surface area contributed by atoms with E-state index in [1.807, 2.05) is 0 Å². The van der Waals surface area contributed by atoms with Crippen molar-refractivity contribution in [3.63, 3.8) is 0 Å². The van der Waals surface area contributed by atoms with Crippen molar-refractivity contribution in [2.45, 2.75) is 25.9 Å². The molecule has 0 aliphatic carbocycles. The average Bonchev–Trinajstić information content (AvgIpc) is 2.96. The van der Waals surface area contributed by atoms with Crippen LogP contribution in [0.3, 0.4) is 0 Å². The molecule has 1 aromatic rings. The van der Waals surface area contributed by atoms with E-state index in [1.54, 1.807) is 0 Å². The van der Waals surface area contributed by atoms with Crippen LogP contribution in [0.5, 0.6) is 0 Å². The van der Waals surface area contributed by atoms with Gasteiger partial charge in [-0.2, -0.15) is 0 Å². The number of hydrogen-bond donors (Lipinski definition) is 1. The van der Waals surface area contributed by atoms with Crippen LogP contribution in [-0.2, 0) is 6.54 Å². The van der Waals surface area contributed by atoms with Gasteiger partial charge in [-0.15, -0.1) is 0 Å². The van der Waals surface area contributed by atoms with Gasteiger partial charge in [0.25, 0.3) is 0 Å². The van der Waals surface area contributed by atoms with Crippen LogP contribution in [0.2, 0.25) is 0 Å². The van der Waals surface area contributed by atoms with Crippen LogP contribution in [0, 0.1) is 6.92 Å². The molecule has 0 aromatic heterocycles. The summed E-state index contributed by atoms with van der Waals surface area (Å²) in [5.41, 5.74) is 2.80. The summed E-state index contributed by atoms with van der Waals surface area (Å²) in [4.78, 5) is 5.26. The molecule has 0 bridgehead atoms. The van der Waals surface area contributed by atoms with E-state index in [0.717, 1.165) is 12.6 Å². The summed E-state index contributed by atoms with van der Waals surface area (Å²) >= 11 is 0. The van der Waals surface area contributed by atoms with Crippen molar-refractivity contribution in [1.29, 1.82) is 0 Å². The minimum absolute atomic E-state index is 0.793. The first kappa shape index (κ1) is 13.1. The van der Waals surface area contributed by atoms with Crippen LogP contribution in [0.1, 0.15) is 17.5 Å². The topological polar surface area (TPSA) is 18.5 Å². The highest BCUT2D eigenvalue weighted by Crippen LogP contribution is 2.14. The summed E-state index contributed by atoms with van der Waals surface area (Å²) in [6, 6.07) is 9.76. The van der Waals surface area contributed by atoms with Crippen LogP contribution < -0.4 is 5.32 Å². The molecule has 0 radical (unpaired) electrons. The second-order valence-electron chi connectivity index (χ2n) is 5.94. The molecule has 1 aromatic carbocycles. The Morgan fingerprint density at radius 3 is 2.47 bits per heavy atom. The Bertz CT molecular complexity index is 387. The van der Waals surface area contributed by atoms with Gasteiger partial charge in [-0.05, 0) is 25.5 Å². The van der Waals surface area contributed by atoms with E-state index >= 15 is 0 Å². The SMILES string of the molecule is Cc1ccc(CN2CCN(C3CCNC3)CC2)cc1. The maximum absolute atomic E-state index is 3.47. The second kappa shape index (κ2) is 6.04. The summed E-state index contributed by atoms with van der Waals surface area (Å²) in [7, 11) is 0. The molecular formula is C16H25N3. The molecule has 19 heavy (non-hydrogen) atoms. The molecule has 3 heteroatoms. The third kappa shape index (κ3) is 3.35. The molecular weight excluding hydrogens is 234 g/mol. The Balaban J connectivity index is 1.48. The van der Waals surface area contributed by atoms with Crippen molar-refractivity contribution < 1.29 is 0 Å². The summed E-state index contributed by atoms with van der Waals surface area (Å²) < 4.78 is 0. The van der Waals surface area contributed by atoms with E-state index in [1.165, 1.54) is 56.8 Å². The normalized spacial score (nSPS) is 25.8. The molecule has 0 spiro atoms. The Hall–Kier alpha value is -0.900. The highest BCUT2D eigenvalue weighted by molar-refractivity contribution is 5.21. The van der Waals surface area contributed by atoms with Gasteiger partial charge in [0.1, 0.15) is 0 Å². The van der Waals surface area contributed by atoms with Crippen molar-refractivity contribution in [2.75, 3.05) is 39.3 Å². The van der Waals surface area contributed by atoms with Gasteiger partial charge in [-0.25, -0.2) is 0 Å². The molecule has 1 atom stereocenters. The fourth-order valence-corrected chi connectivity index (χ4v) is 3.19. The zero-order chi connectivity index (χ0) is 13.1. The van der Waals surface area contributed by atoms with E-state index < -0.39 is 0 Å². The first-order chi connectivity index (χ1) is 9.31. The Kier molecular flexibility index (Phi) is 4.16. The molecule has 1 unspecified atom stereocenters. The van der Waals surface area contributed by atoms with Crippen molar-refractivity contribution in [3.05, 3.63) is 35.4 Å². The lowest BCUT2D eigenvalue weighted by molar-refractivity contribution is 0.0981. The monoisotopic (exact) mass is 259 g/mol. The van der Waals surface area contributed by atoms with Gasteiger partial charge in [-0.1, -0.05) is 29.8 Å². The zero-order valence-electron chi connectivity index (χ0n) is 11.9. The first-order valence-electron chi connectivity index (χ1n) is 7.54. The van der Waals surface area contributed by atoms with E-state index in [2.05, 4.69) is 46.3 Å². The Labute approximate surface area is 116 Å². The number of nitrogens with zero attached hydrogens (tertiary/aromatic N) is 2. The van der Waals surface area contributed by atoms with E-state index in [0.29, 0.717) is 0 Å². The van der Waals surface area contributed by atoms with Crippen LogP contribution in [0.15, 0.2) is 24.3 Å². The van der Waals surface area contributed by atoms with Crippen molar-refractivity contribution in [2.24, 2.45) is 0 Å². The van der Waals surface area contributed by atoms with Gasteiger partial charge in [0, 0.05) is 45.3 Å². The minimum atomic E-state index is 0.793. The molecule has 3 rings (SSSR count). The fraction of sp³-hybridized carbons (Fsp3) is 0.625. The molecule has 1 N–H and O–H groups in total. The van der Waals surface area contributed by atoms with E-state index in [-0.39, 0.29) is 0 Å². The molecule has 104 valence electrons. The minimum Gasteiger partial charge on any atom is -0.315 e. The molecule has 2 aliphatic heterocycles. The average molecular weight is 259 g/mol. The lowest BCUT2D eigenvalue weighted by Crippen LogP contribution is -2.50. The van der Waals surface area contributed by atoms with E-state index in [9.17, 15) is 0 Å². The van der Waals surface area contributed by atoms with Gasteiger partial charge < -0.3 is 5.32 Å². The van der Waals surface area contributed by atoms with Gasteiger partial charge in [0.15, 0.2) is 0 Å². The first-order valence-corrected chi connectivity index (χ1v) is 7.54. The predicted molar refractivity (Wildman–Crippen MR) is 79.3 cm³/mol. The van der Waals surface area contributed by atoms with Gasteiger partial charge in [0.2, 0.25) is 0 Å². The standard InChI is InChI=1S/C16H25N3/c1-14-2-4-15(5-3-14)13-18-8-10-19(11-9-18)16-6-7-17-12-16/h2-5,16-17H,6-13H2,1H3. The fourth-order valence-electron chi connectivity index (χ4n) is 3.19. The highest BCUT2D eigenvalue weighted by Gasteiger charge is 2.25. The third-order valence-electron chi connectivity index (χ3n) is 4.48. The van der Waals surface area contributed by atoms with Crippen LogP contribution in [0.25, 0.3) is 0 Å². The van der Waals surface area contributed by atoms with Gasteiger partial charge in [-0.3, -0.25) is 9.80 Å². The smallest absolute Gasteiger partial charge is 0.0234 e. The van der Waals surface area contributed by atoms with Crippen LogP contribution >= 0.6 is 0 Å². The van der Waals surface area contributed by atoms with Gasteiger partial charge in [0.05, 0.1) is 0 Å². The molecule has 2 saturated heterocycles. The lowest BCUT2D eigenvalue weighted by Gasteiger charge is -2.37. The van der Waals surface area contributed by atoms with Crippen molar-refractivity contribution in [1.82, 2.24) is 15.1 Å². The summed E-state index contributed by atoms with van der Waals surface area (Å²) in [6.45, 7) is 10.5. The molecule has 0 saturated carbocycles. The quantitative estimate of drug-likeness (QED) is 0.887. The number of hydrogen-bond acceptors (Lipinski definition) is 3. The Morgan fingerprint density at radius 2 is 1.84 bits per heavy atom. The predicted octanol–water partition coefficient (Wildman–Crippen LogP) is 1.47. The maximum Gasteiger partial charge on any atom is 0.0234 e. The molecule has 0 amide bonds. The van der Waals surface area contributed by atoms with Crippen LogP contribution in [-0.4, -0.2) is 55.1 Å². The molecule has 2 heterocycles. The molecule has 2 aliphatic rings. The number of rotatable bonds is 3. The largest absolute Gasteiger partial charge is 0.315 e. The maximum atomic E-state index is 3.47. The number of piperazine rings is 1. The van der Waals surface area contributed by atoms with E-state index in [4.69, 9.17) is 0 Å². The number of aryl methyl sites for hydroxylation is 1. The van der Waals surface area contributed by atoms with Gasteiger partial charge >= 0.3 is 0 Å². The Morgan fingerprint density at radius 1 is 1.11 bits per heavy atom. The summed E-state index contributed by atoms with van der Waals surface area (Å²) in [5, 5.41) is 3.47. The highest BCUT2D eigenvalue weighted by atomic mass is 15.3. The second-order valence-corrected chi connectivity index (χ2v) is 5.94. The summed E-state index contributed by atoms with van der Waals surface area (Å²) in [5.74, 6) is 0. The summed E-state index contributed by atoms with van der Waals surface area (Å²) in [6.07, 6.45) is 1.33. The molecule has 3 nitrogen and oxygen atoms in total. The number of nitrogens with one attached hydrogen (secondary N) is 1. The van der Waals surface area contributed by atoms with Crippen LogP contribution in [0.4, 0.5) is 0 Å². The number of benzene rings is 1. The van der Waals surface area contributed by atoms with Crippen molar-refractivity contribution in [3.8, 4) is 0 Å². The zero-order valence-corrected chi connectivity index (χ0v) is 11.9. The van der Waals surface area contributed by atoms with Crippen molar-refractivity contribution >= 4 is 0 Å². The lowest BCUT2D eigenvalue weighted by atomic mass is 10.1. The third-order valence-corrected chi connectivity index (χ3v) is 4.48. The molecule has 2 fully saturated rings.